The lowest BCUT2D eigenvalue weighted by molar-refractivity contribution is -0.113. The van der Waals surface area contributed by atoms with E-state index in [0.29, 0.717) is 18.2 Å². The van der Waals surface area contributed by atoms with Crippen molar-refractivity contribution in [3.8, 4) is 0 Å². The van der Waals surface area contributed by atoms with Crippen molar-refractivity contribution in [1.29, 1.82) is 0 Å². The number of carbonyl (C=O) groups is 1. The van der Waals surface area contributed by atoms with E-state index in [1.165, 1.54) is 55.0 Å². The second-order valence-electron chi connectivity index (χ2n) is 7.64. The molecule has 5 nitrogen and oxygen atoms in total. The third kappa shape index (κ3) is 5.47. The van der Waals surface area contributed by atoms with E-state index in [1.54, 1.807) is 0 Å². The SMILES string of the molecule is C=CCn1c(CC2CCCCC2)nnc1SCC(=O)Nc1ccc(C)c(C)c1. The van der Waals surface area contributed by atoms with Gasteiger partial charge in [-0.25, -0.2) is 0 Å². The molecule has 1 amide bonds. The molecule has 1 aromatic heterocycles. The van der Waals surface area contributed by atoms with Crippen LogP contribution in [-0.2, 0) is 17.8 Å². The Morgan fingerprint density at radius 2 is 2.04 bits per heavy atom. The maximum Gasteiger partial charge on any atom is 0.234 e. The Morgan fingerprint density at radius 3 is 2.75 bits per heavy atom. The Balaban J connectivity index is 1.60. The van der Waals surface area contributed by atoms with E-state index in [0.717, 1.165) is 23.1 Å². The van der Waals surface area contributed by atoms with Gasteiger partial charge >= 0.3 is 0 Å². The van der Waals surface area contributed by atoms with Crippen molar-refractivity contribution in [2.75, 3.05) is 11.1 Å². The van der Waals surface area contributed by atoms with Crippen molar-refractivity contribution in [3.05, 3.63) is 47.8 Å². The summed E-state index contributed by atoms with van der Waals surface area (Å²) in [6, 6.07) is 5.96. The highest BCUT2D eigenvalue weighted by Gasteiger charge is 2.19. The van der Waals surface area contributed by atoms with Crippen LogP contribution in [-0.4, -0.2) is 26.4 Å². The highest BCUT2D eigenvalue weighted by atomic mass is 32.2. The van der Waals surface area contributed by atoms with Crippen LogP contribution in [0.1, 0.15) is 49.1 Å². The Bertz CT molecular complexity index is 824. The van der Waals surface area contributed by atoms with Gasteiger partial charge in [-0.2, -0.15) is 0 Å². The molecule has 1 aliphatic carbocycles. The van der Waals surface area contributed by atoms with E-state index in [9.17, 15) is 4.79 Å². The van der Waals surface area contributed by atoms with Crippen LogP contribution in [0.15, 0.2) is 36.0 Å². The lowest BCUT2D eigenvalue weighted by Gasteiger charge is -2.21. The first kappa shape index (κ1) is 20.6. The van der Waals surface area contributed by atoms with Gasteiger partial charge in [0.15, 0.2) is 5.16 Å². The number of thioether (sulfide) groups is 1. The molecule has 1 aromatic carbocycles. The van der Waals surface area contributed by atoms with Crippen molar-refractivity contribution >= 4 is 23.4 Å². The second-order valence-corrected chi connectivity index (χ2v) is 8.58. The standard InChI is InChI=1S/C22H30N4OS/c1-4-12-26-20(14-18-8-6-5-7-9-18)24-25-22(26)28-15-21(27)23-19-11-10-16(2)17(3)13-19/h4,10-11,13,18H,1,5-9,12,14-15H2,2-3H3,(H,23,27). The molecule has 1 saturated carbocycles. The number of nitrogens with zero attached hydrogens (tertiary/aromatic N) is 3. The van der Waals surface area contributed by atoms with Crippen molar-refractivity contribution < 1.29 is 4.79 Å². The van der Waals surface area contributed by atoms with Crippen LogP contribution in [0, 0.1) is 19.8 Å². The molecule has 1 aliphatic rings. The fourth-order valence-corrected chi connectivity index (χ4v) is 4.45. The minimum absolute atomic E-state index is 0.0322. The summed E-state index contributed by atoms with van der Waals surface area (Å²) in [5, 5.41) is 12.5. The van der Waals surface area contributed by atoms with E-state index in [-0.39, 0.29) is 5.91 Å². The quantitative estimate of drug-likeness (QED) is 0.506. The molecule has 3 rings (SSSR count). The van der Waals surface area contributed by atoms with Crippen LogP contribution in [0.4, 0.5) is 5.69 Å². The van der Waals surface area contributed by atoms with Gasteiger partial charge in [-0.05, 0) is 43.0 Å². The van der Waals surface area contributed by atoms with Crippen LogP contribution in [0.25, 0.3) is 0 Å². The summed E-state index contributed by atoms with van der Waals surface area (Å²) < 4.78 is 2.11. The van der Waals surface area contributed by atoms with E-state index >= 15 is 0 Å². The van der Waals surface area contributed by atoms with E-state index in [2.05, 4.69) is 33.6 Å². The van der Waals surface area contributed by atoms with Crippen LogP contribution >= 0.6 is 11.8 Å². The van der Waals surface area contributed by atoms with Crippen molar-refractivity contribution in [2.24, 2.45) is 5.92 Å². The largest absolute Gasteiger partial charge is 0.325 e. The molecule has 0 radical (unpaired) electrons. The number of amides is 1. The molecular formula is C22H30N4OS. The average molecular weight is 399 g/mol. The van der Waals surface area contributed by atoms with Crippen molar-refractivity contribution in [3.63, 3.8) is 0 Å². The molecule has 0 saturated heterocycles. The fraction of sp³-hybridized carbons (Fsp3) is 0.500. The Hall–Kier alpha value is -2.08. The van der Waals surface area contributed by atoms with Gasteiger partial charge in [-0.3, -0.25) is 4.79 Å². The maximum atomic E-state index is 12.4. The number of benzene rings is 1. The van der Waals surface area contributed by atoms with Crippen LogP contribution < -0.4 is 5.32 Å². The Kier molecular flexibility index (Phi) is 7.31. The minimum atomic E-state index is -0.0322. The van der Waals surface area contributed by atoms with Gasteiger partial charge in [0, 0.05) is 18.7 Å². The molecule has 1 N–H and O–H groups in total. The summed E-state index contributed by atoms with van der Waals surface area (Å²) in [4.78, 5) is 12.4. The second kappa shape index (κ2) is 9.92. The number of nitrogens with one attached hydrogen (secondary N) is 1. The van der Waals surface area contributed by atoms with Gasteiger partial charge in [0.2, 0.25) is 5.91 Å². The van der Waals surface area contributed by atoms with E-state index in [4.69, 9.17) is 0 Å². The fourth-order valence-electron chi connectivity index (χ4n) is 3.69. The molecule has 2 aromatic rings. The number of aromatic nitrogens is 3. The first-order valence-electron chi connectivity index (χ1n) is 10.1. The van der Waals surface area contributed by atoms with E-state index < -0.39 is 0 Å². The molecular weight excluding hydrogens is 368 g/mol. The number of rotatable bonds is 8. The number of aryl methyl sites for hydroxylation is 2. The van der Waals surface area contributed by atoms with Gasteiger partial charge in [0.05, 0.1) is 5.75 Å². The maximum absolute atomic E-state index is 12.4. The lowest BCUT2D eigenvalue weighted by atomic mass is 9.87. The van der Waals surface area contributed by atoms with Crippen LogP contribution in [0.5, 0.6) is 0 Å². The zero-order valence-electron chi connectivity index (χ0n) is 16.9. The molecule has 0 bridgehead atoms. The zero-order chi connectivity index (χ0) is 19.9. The Morgan fingerprint density at radius 1 is 1.25 bits per heavy atom. The van der Waals surface area contributed by atoms with Crippen molar-refractivity contribution in [1.82, 2.24) is 14.8 Å². The molecule has 28 heavy (non-hydrogen) atoms. The van der Waals surface area contributed by atoms with Crippen LogP contribution in [0.3, 0.4) is 0 Å². The van der Waals surface area contributed by atoms with Crippen LogP contribution in [0.2, 0.25) is 0 Å². The average Bonchev–Trinajstić information content (AvgIpc) is 3.06. The summed E-state index contributed by atoms with van der Waals surface area (Å²) in [5.74, 6) is 2.00. The predicted molar refractivity (Wildman–Crippen MR) is 116 cm³/mol. The summed E-state index contributed by atoms with van der Waals surface area (Å²) >= 11 is 1.43. The monoisotopic (exact) mass is 398 g/mol. The summed E-state index contributed by atoms with van der Waals surface area (Å²) in [6.07, 6.45) is 9.39. The molecule has 0 atom stereocenters. The molecule has 1 fully saturated rings. The molecule has 1 heterocycles. The zero-order valence-corrected chi connectivity index (χ0v) is 17.7. The number of anilines is 1. The number of carbonyl (C=O) groups excluding carboxylic acids is 1. The third-order valence-electron chi connectivity index (χ3n) is 5.42. The first-order valence-corrected chi connectivity index (χ1v) is 11.1. The van der Waals surface area contributed by atoms with Gasteiger partial charge in [-0.1, -0.05) is 56.0 Å². The summed E-state index contributed by atoms with van der Waals surface area (Å²) in [5.41, 5.74) is 3.22. The summed E-state index contributed by atoms with van der Waals surface area (Å²) in [7, 11) is 0. The molecule has 6 heteroatoms. The smallest absolute Gasteiger partial charge is 0.234 e. The Labute approximate surface area is 172 Å². The topological polar surface area (TPSA) is 59.8 Å². The van der Waals surface area contributed by atoms with Gasteiger partial charge in [0.25, 0.3) is 0 Å². The lowest BCUT2D eigenvalue weighted by Crippen LogP contribution is -2.16. The van der Waals surface area contributed by atoms with E-state index in [1.807, 2.05) is 31.2 Å². The van der Waals surface area contributed by atoms with Gasteiger partial charge in [0.1, 0.15) is 5.82 Å². The number of hydrogen-bond acceptors (Lipinski definition) is 4. The van der Waals surface area contributed by atoms with Gasteiger partial charge < -0.3 is 9.88 Å². The van der Waals surface area contributed by atoms with Gasteiger partial charge in [-0.15, -0.1) is 16.8 Å². The van der Waals surface area contributed by atoms with Crippen molar-refractivity contribution in [2.45, 2.75) is 64.1 Å². The predicted octanol–water partition coefficient (Wildman–Crippen LogP) is 4.93. The first-order chi connectivity index (χ1) is 13.6. The molecule has 150 valence electrons. The minimum Gasteiger partial charge on any atom is -0.325 e. The third-order valence-corrected chi connectivity index (χ3v) is 6.39. The molecule has 0 aliphatic heterocycles. The molecule has 0 unspecified atom stereocenters. The number of allylic oxidation sites excluding steroid dienone is 1. The molecule has 0 spiro atoms. The number of hydrogen-bond donors (Lipinski definition) is 1. The normalized spacial score (nSPS) is 14.8. The highest BCUT2D eigenvalue weighted by Crippen LogP contribution is 2.27. The summed E-state index contributed by atoms with van der Waals surface area (Å²) in [6.45, 7) is 8.65. The highest BCUT2D eigenvalue weighted by molar-refractivity contribution is 7.99.